The number of aliphatic hydroxyl groups excluding tert-OH is 1. The summed E-state index contributed by atoms with van der Waals surface area (Å²) < 4.78 is 68.2. The molecule has 0 saturated carbocycles. The van der Waals surface area contributed by atoms with Gasteiger partial charge in [-0.05, 0) is 31.0 Å². The predicted octanol–water partition coefficient (Wildman–Crippen LogP) is 3.12. The molecule has 162 valence electrons. The topological polar surface area (TPSA) is 98.7 Å². The third-order valence-electron chi connectivity index (χ3n) is 4.47. The molecule has 1 fully saturated rings. The summed E-state index contributed by atoms with van der Waals surface area (Å²) >= 11 is 6.03. The molecule has 1 heterocycles. The second-order valence-corrected chi connectivity index (χ2v) is 8.72. The van der Waals surface area contributed by atoms with E-state index in [9.17, 15) is 31.5 Å². The number of carbonyl (C=O) groups is 1. The zero-order valence-electron chi connectivity index (χ0n) is 15.3. The number of carbonyl (C=O) groups excluding carboxylic acids is 1. The van der Waals surface area contributed by atoms with Crippen molar-refractivity contribution in [1.29, 1.82) is 0 Å². The van der Waals surface area contributed by atoms with Gasteiger partial charge >= 0.3 is 10.2 Å². The average Bonchev–Trinajstić information content (AvgIpc) is 2.68. The number of amides is 1. The first-order chi connectivity index (χ1) is 14.1. The highest BCUT2D eigenvalue weighted by molar-refractivity contribution is 7.90. The minimum absolute atomic E-state index is 0.0195. The van der Waals surface area contributed by atoms with Crippen molar-refractivity contribution in [2.75, 3.05) is 23.1 Å². The van der Waals surface area contributed by atoms with E-state index >= 15 is 0 Å². The van der Waals surface area contributed by atoms with E-state index in [1.54, 1.807) is 0 Å². The fourth-order valence-corrected chi connectivity index (χ4v) is 4.35. The van der Waals surface area contributed by atoms with Gasteiger partial charge in [0.2, 0.25) is 0 Å². The van der Waals surface area contributed by atoms with E-state index in [1.165, 1.54) is 12.1 Å². The molecule has 3 rings (SSSR count). The maximum Gasteiger partial charge on any atom is 0.301 e. The molecular weight excluding hydrogens is 447 g/mol. The molecule has 0 unspecified atom stereocenters. The summed E-state index contributed by atoms with van der Waals surface area (Å²) in [6, 6.07) is 4.94. The van der Waals surface area contributed by atoms with E-state index in [-0.39, 0.29) is 35.1 Å². The van der Waals surface area contributed by atoms with E-state index in [0.717, 1.165) is 10.4 Å². The number of hydrogen-bond donors (Lipinski definition) is 3. The van der Waals surface area contributed by atoms with Crippen LogP contribution < -0.4 is 10.0 Å². The molecule has 0 spiro atoms. The van der Waals surface area contributed by atoms with E-state index in [2.05, 4.69) is 10.0 Å². The Morgan fingerprint density at radius 2 is 1.70 bits per heavy atom. The van der Waals surface area contributed by atoms with E-state index in [1.807, 2.05) is 0 Å². The average molecular weight is 464 g/mol. The van der Waals surface area contributed by atoms with Crippen LogP contribution in [0.4, 0.5) is 24.5 Å². The molecule has 3 N–H and O–H groups in total. The summed E-state index contributed by atoms with van der Waals surface area (Å²) in [4.78, 5) is 12.4. The lowest BCUT2D eigenvalue weighted by Gasteiger charge is -2.29. The number of piperidine rings is 1. The van der Waals surface area contributed by atoms with Crippen molar-refractivity contribution >= 4 is 39.1 Å². The van der Waals surface area contributed by atoms with Crippen molar-refractivity contribution in [3.63, 3.8) is 0 Å². The first kappa shape index (κ1) is 22.3. The summed E-state index contributed by atoms with van der Waals surface area (Å²) in [6.45, 7) is 0.242. The standard InChI is InChI=1S/C18H17ClF3N3O4S/c19-13-2-1-10(18(27)23-11-8-14(20)17(22)15(21)9-11)7-16(13)24-30(28,29)25-5-3-12(26)4-6-25/h1-2,7-9,12,24,26H,3-6H2,(H,23,27). The zero-order chi connectivity index (χ0) is 22.1. The molecule has 0 radical (unpaired) electrons. The molecule has 7 nitrogen and oxygen atoms in total. The molecule has 2 aromatic carbocycles. The third kappa shape index (κ3) is 5.04. The van der Waals surface area contributed by atoms with Crippen molar-refractivity contribution in [1.82, 2.24) is 4.31 Å². The molecule has 0 aliphatic carbocycles. The molecular formula is C18H17ClF3N3O4S. The summed E-state index contributed by atoms with van der Waals surface area (Å²) in [5.41, 5.74) is -0.455. The normalized spacial score (nSPS) is 15.8. The fraction of sp³-hybridized carbons (Fsp3) is 0.278. The molecule has 2 aromatic rings. The number of halogens is 4. The lowest BCUT2D eigenvalue weighted by molar-refractivity contribution is 0.102. The highest BCUT2D eigenvalue weighted by Crippen LogP contribution is 2.26. The Labute approximate surface area is 175 Å². The maximum absolute atomic E-state index is 13.3. The lowest BCUT2D eigenvalue weighted by Crippen LogP contribution is -2.42. The number of rotatable bonds is 5. The zero-order valence-corrected chi connectivity index (χ0v) is 16.9. The van der Waals surface area contributed by atoms with Gasteiger partial charge in [0, 0.05) is 36.5 Å². The summed E-state index contributed by atoms with van der Waals surface area (Å²) in [5, 5.41) is 11.7. The van der Waals surface area contributed by atoms with Gasteiger partial charge in [0.1, 0.15) is 0 Å². The third-order valence-corrected chi connectivity index (χ3v) is 6.32. The van der Waals surface area contributed by atoms with Crippen molar-refractivity contribution in [2.45, 2.75) is 18.9 Å². The van der Waals surface area contributed by atoms with Gasteiger partial charge in [0.05, 0.1) is 16.8 Å². The summed E-state index contributed by atoms with van der Waals surface area (Å²) in [6.07, 6.45) is 0.0252. The van der Waals surface area contributed by atoms with Crippen LogP contribution in [-0.2, 0) is 10.2 Å². The quantitative estimate of drug-likeness (QED) is 0.593. The number of benzene rings is 2. The Morgan fingerprint density at radius 1 is 1.10 bits per heavy atom. The molecule has 30 heavy (non-hydrogen) atoms. The predicted molar refractivity (Wildman–Crippen MR) is 105 cm³/mol. The van der Waals surface area contributed by atoms with Crippen molar-refractivity contribution < 1.29 is 31.5 Å². The van der Waals surface area contributed by atoms with Crippen molar-refractivity contribution in [3.05, 3.63) is 58.4 Å². The number of nitrogens with zero attached hydrogens (tertiary/aromatic N) is 1. The molecule has 1 amide bonds. The van der Waals surface area contributed by atoms with Gasteiger partial charge in [0.25, 0.3) is 5.91 Å². The van der Waals surface area contributed by atoms with Gasteiger partial charge in [-0.2, -0.15) is 12.7 Å². The van der Waals surface area contributed by atoms with Crippen molar-refractivity contribution in [2.24, 2.45) is 0 Å². The number of hydrogen-bond acceptors (Lipinski definition) is 4. The molecule has 12 heteroatoms. The van der Waals surface area contributed by atoms with Crippen LogP contribution in [0.2, 0.25) is 5.02 Å². The van der Waals surface area contributed by atoms with Crippen LogP contribution in [0.15, 0.2) is 30.3 Å². The van der Waals surface area contributed by atoms with Crippen LogP contribution in [0.25, 0.3) is 0 Å². The van der Waals surface area contributed by atoms with Gasteiger partial charge in [0.15, 0.2) is 17.5 Å². The minimum atomic E-state index is -3.98. The van der Waals surface area contributed by atoms with Crippen LogP contribution in [0.1, 0.15) is 23.2 Å². The Balaban J connectivity index is 1.78. The Morgan fingerprint density at radius 3 is 2.30 bits per heavy atom. The number of nitrogens with one attached hydrogen (secondary N) is 2. The largest absolute Gasteiger partial charge is 0.393 e. The van der Waals surface area contributed by atoms with Gasteiger partial charge < -0.3 is 10.4 Å². The second kappa shape index (κ2) is 8.80. The first-order valence-electron chi connectivity index (χ1n) is 8.78. The van der Waals surface area contributed by atoms with Gasteiger partial charge in [-0.15, -0.1) is 0 Å². The first-order valence-corrected chi connectivity index (χ1v) is 10.6. The molecule has 0 bridgehead atoms. The molecule has 1 aliphatic rings. The highest BCUT2D eigenvalue weighted by atomic mass is 35.5. The van der Waals surface area contributed by atoms with Crippen molar-refractivity contribution in [3.8, 4) is 0 Å². The maximum atomic E-state index is 13.3. The number of aliphatic hydroxyl groups is 1. The smallest absolute Gasteiger partial charge is 0.301 e. The Bertz CT molecular complexity index is 1050. The fourth-order valence-electron chi connectivity index (χ4n) is 2.86. The Kier molecular flexibility index (Phi) is 6.56. The molecule has 0 aromatic heterocycles. The summed E-state index contributed by atoms with van der Waals surface area (Å²) in [7, 11) is -3.98. The monoisotopic (exact) mass is 463 g/mol. The van der Waals surface area contributed by atoms with E-state index in [4.69, 9.17) is 11.6 Å². The van der Waals surface area contributed by atoms with Crippen LogP contribution in [0.3, 0.4) is 0 Å². The van der Waals surface area contributed by atoms with Gasteiger partial charge in [-0.25, -0.2) is 13.2 Å². The lowest BCUT2D eigenvalue weighted by atomic mass is 10.1. The SMILES string of the molecule is O=C(Nc1cc(F)c(F)c(F)c1)c1ccc(Cl)c(NS(=O)(=O)N2CCC(O)CC2)c1. The summed E-state index contributed by atoms with van der Waals surface area (Å²) in [5.74, 6) is -5.43. The van der Waals surface area contributed by atoms with E-state index in [0.29, 0.717) is 25.0 Å². The molecule has 1 saturated heterocycles. The molecule has 0 atom stereocenters. The van der Waals surface area contributed by atoms with E-state index < -0.39 is 39.7 Å². The highest BCUT2D eigenvalue weighted by Gasteiger charge is 2.28. The van der Waals surface area contributed by atoms with Gasteiger partial charge in [-0.3, -0.25) is 9.52 Å². The van der Waals surface area contributed by atoms with Crippen LogP contribution >= 0.6 is 11.6 Å². The number of anilines is 2. The molecule has 1 aliphatic heterocycles. The van der Waals surface area contributed by atoms with Gasteiger partial charge in [-0.1, -0.05) is 11.6 Å². The van der Waals surface area contributed by atoms with Crippen LogP contribution in [0.5, 0.6) is 0 Å². The second-order valence-electron chi connectivity index (χ2n) is 6.64. The minimum Gasteiger partial charge on any atom is -0.393 e. The Hall–Kier alpha value is -2.34. The van der Waals surface area contributed by atoms with Crippen LogP contribution in [-0.4, -0.2) is 42.9 Å². The van der Waals surface area contributed by atoms with Crippen LogP contribution in [0, 0.1) is 17.5 Å².